The first-order chi connectivity index (χ1) is 8.58. The van der Waals surface area contributed by atoms with E-state index in [2.05, 4.69) is 15.5 Å². The van der Waals surface area contributed by atoms with Crippen molar-refractivity contribution >= 4 is 23.0 Å². The van der Waals surface area contributed by atoms with Crippen LogP contribution in [0.2, 0.25) is 5.02 Å². The molecule has 2 aromatic rings. The molecule has 94 valence electrons. The number of rotatable bonds is 4. The SMILES string of the molecule is O=[N+]([O-])c1cc(Cl)c(F)cc1NCc1ccn[nH]1. The Balaban J connectivity index is 2.25. The number of H-pyrrole nitrogens is 1. The Hall–Kier alpha value is -2.15. The monoisotopic (exact) mass is 270 g/mol. The minimum Gasteiger partial charge on any atom is -0.374 e. The molecule has 0 saturated heterocycles. The van der Waals surface area contributed by atoms with Gasteiger partial charge in [-0.3, -0.25) is 15.2 Å². The van der Waals surface area contributed by atoms with Gasteiger partial charge in [0.05, 0.1) is 22.2 Å². The van der Waals surface area contributed by atoms with Crippen molar-refractivity contribution in [2.45, 2.75) is 6.54 Å². The summed E-state index contributed by atoms with van der Waals surface area (Å²) in [6.07, 6.45) is 1.55. The second kappa shape index (κ2) is 5.01. The Bertz CT molecular complexity index is 574. The number of benzene rings is 1. The van der Waals surface area contributed by atoms with Gasteiger partial charge in [-0.15, -0.1) is 0 Å². The van der Waals surface area contributed by atoms with Gasteiger partial charge in [0.15, 0.2) is 0 Å². The van der Waals surface area contributed by atoms with Crippen molar-refractivity contribution < 1.29 is 9.31 Å². The summed E-state index contributed by atoms with van der Waals surface area (Å²) in [6, 6.07) is 3.67. The van der Waals surface area contributed by atoms with Crippen LogP contribution in [-0.2, 0) is 6.54 Å². The molecule has 1 heterocycles. The second-order valence-electron chi connectivity index (χ2n) is 3.48. The molecule has 0 radical (unpaired) electrons. The highest BCUT2D eigenvalue weighted by Gasteiger charge is 2.17. The average Bonchev–Trinajstić information content (AvgIpc) is 2.83. The Morgan fingerprint density at radius 3 is 2.94 bits per heavy atom. The first kappa shape index (κ1) is 12.3. The number of nitro benzene ring substituents is 1. The third-order valence-electron chi connectivity index (χ3n) is 2.26. The summed E-state index contributed by atoms with van der Waals surface area (Å²) in [4.78, 5) is 10.2. The Morgan fingerprint density at radius 1 is 1.56 bits per heavy atom. The molecule has 0 fully saturated rings. The zero-order chi connectivity index (χ0) is 13.1. The van der Waals surface area contributed by atoms with Crippen molar-refractivity contribution in [2.24, 2.45) is 0 Å². The zero-order valence-electron chi connectivity index (χ0n) is 8.98. The van der Waals surface area contributed by atoms with Gasteiger partial charge < -0.3 is 5.32 Å². The summed E-state index contributed by atoms with van der Waals surface area (Å²) in [6.45, 7) is 0.266. The minimum absolute atomic E-state index is 0.0662. The van der Waals surface area contributed by atoms with E-state index in [9.17, 15) is 14.5 Å². The smallest absolute Gasteiger partial charge is 0.294 e. The van der Waals surface area contributed by atoms with E-state index in [0.29, 0.717) is 0 Å². The quantitative estimate of drug-likeness (QED) is 0.661. The van der Waals surface area contributed by atoms with Gasteiger partial charge in [-0.1, -0.05) is 11.6 Å². The summed E-state index contributed by atoms with van der Waals surface area (Å²) in [5.41, 5.74) is 0.511. The normalized spacial score (nSPS) is 10.3. The fourth-order valence-electron chi connectivity index (χ4n) is 1.40. The van der Waals surface area contributed by atoms with E-state index in [1.54, 1.807) is 12.3 Å². The minimum atomic E-state index is -0.714. The largest absolute Gasteiger partial charge is 0.374 e. The van der Waals surface area contributed by atoms with Gasteiger partial charge in [-0.2, -0.15) is 5.10 Å². The standard InChI is InChI=1S/C10H8ClFN4O2/c11-7-3-10(16(17)18)9(4-8(7)12)13-5-6-1-2-14-15-6/h1-4,13H,5H2,(H,14,15). The summed E-state index contributed by atoms with van der Waals surface area (Å²) in [5, 5.41) is 19.7. The molecule has 0 amide bonds. The van der Waals surface area contributed by atoms with Crippen LogP contribution in [0.3, 0.4) is 0 Å². The summed E-state index contributed by atoms with van der Waals surface area (Å²) in [5.74, 6) is -0.714. The molecule has 2 N–H and O–H groups in total. The van der Waals surface area contributed by atoms with Gasteiger partial charge in [0.2, 0.25) is 0 Å². The van der Waals surface area contributed by atoms with E-state index >= 15 is 0 Å². The molecule has 0 bridgehead atoms. The molecule has 6 nitrogen and oxygen atoms in total. The van der Waals surface area contributed by atoms with Crippen LogP contribution in [-0.4, -0.2) is 15.1 Å². The van der Waals surface area contributed by atoms with Crippen LogP contribution in [0.15, 0.2) is 24.4 Å². The lowest BCUT2D eigenvalue weighted by atomic mass is 10.2. The average molecular weight is 271 g/mol. The second-order valence-corrected chi connectivity index (χ2v) is 3.88. The van der Waals surface area contributed by atoms with E-state index < -0.39 is 10.7 Å². The van der Waals surface area contributed by atoms with Gasteiger partial charge in [0.1, 0.15) is 11.5 Å². The molecule has 0 aliphatic heterocycles. The van der Waals surface area contributed by atoms with Crippen LogP contribution in [0.1, 0.15) is 5.69 Å². The van der Waals surface area contributed by atoms with Crippen molar-refractivity contribution in [2.75, 3.05) is 5.32 Å². The van der Waals surface area contributed by atoms with Crippen molar-refractivity contribution in [3.05, 3.63) is 51.0 Å². The van der Waals surface area contributed by atoms with Crippen molar-refractivity contribution in [1.29, 1.82) is 0 Å². The molecule has 0 saturated carbocycles. The maximum Gasteiger partial charge on any atom is 0.294 e. The van der Waals surface area contributed by atoms with E-state index in [1.807, 2.05) is 0 Å². The topological polar surface area (TPSA) is 83.8 Å². The van der Waals surface area contributed by atoms with Gasteiger partial charge in [-0.25, -0.2) is 4.39 Å². The van der Waals surface area contributed by atoms with E-state index in [4.69, 9.17) is 11.6 Å². The molecule has 1 aromatic heterocycles. The first-order valence-corrected chi connectivity index (χ1v) is 5.31. The van der Waals surface area contributed by atoms with Crippen LogP contribution >= 0.6 is 11.6 Å². The fourth-order valence-corrected chi connectivity index (χ4v) is 1.56. The highest BCUT2D eigenvalue weighted by atomic mass is 35.5. The predicted octanol–water partition coefficient (Wildman–Crippen LogP) is 2.72. The number of hydrogen-bond donors (Lipinski definition) is 2. The van der Waals surface area contributed by atoms with E-state index in [-0.39, 0.29) is 22.9 Å². The summed E-state index contributed by atoms with van der Waals surface area (Å²) >= 11 is 5.51. The Labute approximate surface area is 106 Å². The first-order valence-electron chi connectivity index (χ1n) is 4.93. The van der Waals surface area contributed by atoms with Crippen LogP contribution in [0.25, 0.3) is 0 Å². The molecule has 0 atom stereocenters. The number of nitrogens with zero attached hydrogens (tertiary/aromatic N) is 2. The molecule has 8 heteroatoms. The zero-order valence-corrected chi connectivity index (χ0v) is 9.74. The Morgan fingerprint density at radius 2 is 2.33 bits per heavy atom. The number of aromatic nitrogens is 2. The van der Waals surface area contributed by atoms with Crippen LogP contribution in [0.4, 0.5) is 15.8 Å². The van der Waals surface area contributed by atoms with Crippen molar-refractivity contribution in [1.82, 2.24) is 10.2 Å². The molecular formula is C10H8ClFN4O2. The highest BCUT2D eigenvalue weighted by Crippen LogP contribution is 2.30. The highest BCUT2D eigenvalue weighted by molar-refractivity contribution is 6.31. The Kier molecular flexibility index (Phi) is 3.42. The molecule has 0 spiro atoms. The molecule has 18 heavy (non-hydrogen) atoms. The molecule has 1 aromatic carbocycles. The maximum absolute atomic E-state index is 13.3. The number of hydrogen-bond acceptors (Lipinski definition) is 4. The predicted molar refractivity (Wildman–Crippen MR) is 64.0 cm³/mol. The van der Waals surface area contributed by atoms with Crippen LogP contribution in [0, 0.1) is 15.9 Å². The van der Waals surface area contributed by atoms with Gasteiger partial charge >= 0.3 is 0 Å². The number of anilines is 1. The maximum atomic E-state index is 13.3. The number of halogens is 2. The molecular weight excluding hydrogens is 263 g/mol. The number of nitrogens with one attached hydrogen (secondary N) is 2. The van der Waals surface area contributed by atoms with Crippen LogP contribution < -0.4 is 5.32 Å². The van der Waals surface area contributed by atoms with Gasteiger partial charge in [0, 0.05) is 18.3 Å². The molecule has 0 aliphatic rings. The lowest BCUT2D eigenvalue weighted by molar-refractivity contribution is -0.384. The van der Waals surface area contributed by atoms with Gasteiger partial charge in [-0.05, 0) is 6.07 Å². The number of nitro groups is 1. The molecule has 2 rings (SSSR count). The number of aromatic amines is 1. The third kappa shape index (κ3) is 2.57. The molecule has 0 unspecified atom stereocenters. The van der Waals surface area contributed by atoms with E-state index in [1.165, 1.54) is 0 Å². The lowest BCUT2D eigenvalue weighted by Crippen LogP contribution is -2.03. The summed E-state index contributed by atoms with van der Waals surface area (Å²) < 4.78 is 13.3. The fraction of sp³-hybridized carbons (Fsp3) is 0.100. The van der Waals surface area contributed by atoms with Gasteiger partial charge in [0.25, 0.3) is 5.69 Å². The van der Waals surface area contributed by atoms with Crippen molar-refractivity contribution in [3.8, 4) is 0 Å². The van der Waals surface area contributed by atoms with E-state index in [0.717, 1.165) is 17.8 Å². The van der Waals surface area contributed by atoms with Crippen LogP contribution in [0.5, 0.6) is 0 Å². The van der Waals surface area contributed by atoms with Crippen molar-refractivity contribution in [3.63, 3.8) is 0 Å². The summed E-state index contributed by atoms with van der Waals surface area (Å²) in [7, 11) is 0. The third-order valence-corrected chi connectivity index (χ3v) is 2.55. The molecule has 0 aliphatic carbocycles. The lowest BCUT2D eigenvalue weighted by Gasteiger charge is -2.06.